The molecule has 0 atom stereocenters. The average molecular weight is 1130 g/mol. The van der Waals surface area contributed by atoms with Gasteiger partial charge in [-0.2, -0.15) is 138 Å². The maximum Gasteiger partial charge on any atom is 0.460 e. The smallest absolute Gasteiger partial charge is 0.422 e. The Balaban J connectivity index is 1.68. The summed E-state index contributed by atoms with van der Waals surface area (Å²) in [6.07, 6.45) is -20.1. The Labute approximate surface area is 395 Å². The van der Waals surface area contributed by atoms with Gasteiger partial charge in [0.1, 0.15) is 11.5 Å². The number of carbonyl (C=O) groups is 2. The second-order valence-electron chi connectivity index (χ2n) is 15.1. The van der Waals surface area contributed by atoms with E-state index in [0.717, 1.165) is 36.4 Å². The average Bonchev–Trinajstić information content (AvgIpc) is 3.24. The molecular formula is C40H28F26O4S2. The molecule has 3 aromatic carbocycles. The third-order valence-corrected chi connectivity index (χ3v) is 12.0. The molecule has 0 saturated carbocycles. The second-order valence-corrected chi connectivity index (χ2v) is 17.3. The number of hydrogen-bond acceptors (Lipinski definition) is 6. The van der Waals surface area contributed by atoms with E-state index < -0.39 is 119 Å². The Kier molecular flexibility index (Phi) is 17.7. The van der Waals surface area contributed by atoms with Crippen LogP contribution >= 0.6 is 23.5 Å². The van der Waals surface area contributed by atoms with Crippen LogP contribution in [0.3, 0.4) is 0 Å². The number of halogens is 26. The molecular weight excluding hydrogens is 1100 g/mol. The highest BCUT2D eigenvalue weighted by Gasteiger charge is 2.92. The first kappa shape index (κ1) is 61.8. The number of aryl methyl sites for hydroxylation is 2. The zero-order valence-corrected chi connectivity index (χ0v) is 36.9. The highest BCUT2D eigenvalue weighted by atomic mass is 32.2. The highest BCUT2D eigenvalue weighted by molar-refractivity contribution is 7.98. The largest absolute Gasteiger partial charge is 0.460 e. The van der Waals surface area contributed by atoms with Gasteiger partial charge in [0.05, 0.1) is 11.1 Å². The summed E-state index contributed by atoms with van der Waals surface area (Å²) in [4.78, 5) is 26.1. The standard InChI is InChI=1S/C40H28F26O4S2/c1-19-5-3-7-23(17-71-15-13-29(41,42)31(45,46)33(49,50)35(53,54)37(57,58)39(61,62)63)25(19)69-27(67)21-9-11-22(12-10-21)28(68)70-26-20(2)6-4-8-24(26)18-72-16-14-30(43,44)32(47,48)34(51,52)36(55,56)38(59,60)40(64,65)66/h3-12H,13-18H2,1-2H3. The Bertz CT molecular complexity index is 2230. The summed E-state index contributed by atoms with van der Waals surface area (Å²) in [5.74, 6) is -82.5. The Morgan fingerprint density at radius 2 is 0.653 bits per heavy atom. The van der Waals surface area contributed by atoms with Gasteiger partial charge in [-0.1, -0.05) is 36.4 Å². The second kappa shape index (κ2) is 20.7. The van der Waals surface area contributed by atoms with Gasteiger partial charge in [-0.05, 0) is 60.7 Å². The molecule has 0 bridgehead atoms. The zero-order valence-electron chi connectivity index (χ0n) is 35.3. The number of benzene rings is 3. The molecule has 406 valence electrons. The number of rotatable bonds is 22. The van der Waals surface area contributed by atoms with Crippen LogP contribution < -0.4 is 9.47 Å². The van der Waals surface area contributed by atoms with Gasteiger partial charge in [0, 0.05) is 35.5 Å². The van der Waals surface area contributed by atoms with Gasteiger partial charge in [0.15, 0.2) is 0 Å². The molecule has 0 fully saturated rings. The molecule has 0 spiro atoms. The monoisotopic (exact) mass is 1130 g/mol. The van der Waals surface area contributed by atoms with Gasteiger partial charge >= 0.3 is 83.5 Å². The van der Waals surface area contributed by atoms with E-state index >= 15 is 0 Å². The molecule has 4 nitrogen and oxygen atoms in total. The van der Waals surface area contributed by atoms with Gasteiger partial charge in [-0.15, -0.1) is 0 Å². The van der Waals surface area contributed by atoms with E-state index in [1.54, 1.807) is 0 Å². The first-order chi connectivity index (χ1) is 32.2. The minimum Gasteiger partial charge on any atom is -0.422 e. The van der Waals surface area contributed by atoms with Crippen LogP contribution in [0.4, 0.5) is 114 Å². The van der Waals surface area contributed by atoms with E-state index in [2.05, 4.69) is 0 Å². The van der Waals surface area contributed by atoms with Crippen molar-refractivity contribution in [3.05, 3.63) is 94.0 Å². The number of carbonyl (C=O) groups excluding carboxylic acids is 2. The van der Waals surface area contributed by atoms with Crippen molar-refractivity contribution in [2.75, 3.05) is 11.5 Å². The van der Waals surface area contributed by atoms with Gasteiger partial charge < -0.3 is 9.47 Å². The predicted octanol–water partition coefficient (Wildman–Crippen LogP) is 15.5. The SMILES string of the molecule is Cc1cccc(CSCCC(F)(F)C(F)(F)C(F)(F)C(F)(F)C(F)(F)C(F)(F)F)c1OC(=O)c1ccc(C(=O)Oc2c(C)cccc2CSCCC(F)(F)C(F)(F)C(F)(F)C(F)(F)C(F)(F)C(F)(F)F)cc1. The molecule has 0 aliphatic rings. The summed E-state index contributed by atoms with van der Waals surface area (Å²) in [7, 11) is 0. The molecule has 0 amide bonds. The number of ether oxygens (including phenoxy) is 2. The Morgan fingerprint density at radius 1 is 0.389 bits per heavy atom. The topological polar surface area (TPSA) is 52.6 Å². The molecule has 32 heteroatoms. The molecule has 3 aromatic rings. The van der Waals surface area contributed by atoms with Gasteiger partial charge in [-0.25, -0.2) is 9.59 Å². The number of esters is 2. The van der Waals surface area contributed by atoms with E-state index in [0.29, 0.717) is 0 Å². The molecule has 0 aliphatic carbocycles. The van der Waals surface area contributed by atoms with E-state index in [1.165, 1.54) is 38.1 Å². The third-order valence-electron chi connectivity index (χ3n) is 9.97. The zero-order chi connectivity index (χ0) is 55.9. The lowest BCUT2D eigenvalue weighted by atomic mass is 9.93. The fourth-order valence-corrected chi connectivity index (χ4v) is 7.66. The van der Waals surface area contributed by atoms with Crippen molar-refractivity contribution in [1.29, 1.82) is 0 Å². The van der Waals surface area contributed by atoms with Crippen LogP contribution in [0, 0.1) is 13.8 Å². The van der Waals surface area contributed by atoms with Crippen molar-refractivity contribution in [3.63, 3.8) is 0 Å². The lowest BCUT2D eigenvalue weighted by Crippen LogP contribution is -2.70. The van der Waals surface area contributed by atoms with Gasteiger partial charge in [-0.3, -0.25) is 0 Å². The van der Waals surface area contributed by atoms with Crippen LogP contribution in [0.2, 0.25) is 0 Å². The molecule has 3 rings (SSSR count). The summed E-state index contributed by atoms with van der Waals surface area (Å²) < 4.78 is 360. The van der Waals surface area contributed by atoms with Gasteiger partial charge in [0.2, 0.25) is 0 Å². The summed E-state index contributed by atoms with van der Waals surface area (Å²) in [6.45, 7) is 2.61. The maximum atomic E-state index is 14.3. The molecule has 0 N–H and O–H groups in total. The first-order valence-corrected chi connectivity index (χ1v) is 21.3. The lowest BCUT2D eigenvalue weighted by Gasteiger charge is -2.39. The molecule has 0 aliphatic heterocycles. The van der Waals surface area contributed by atoms with Crippen molar-refractivity contribution in [2.45, 2.75) is 110 Å². The van der Waals surface area contributed by atoms with Crippen LogP contribution in [-0.4, -0.2) is 95.0 Å². The fraction of sp³-hybridized carbons (Fsp3) is 0.500. The maximum absolute atomic E-state index is 14.3. The quantitative estimate of drug-likeness (QED) is 0.0432. The number of thioether (sulfide) groups is 2. The molecule has 0 saturated heterocycles. The third kappa shape index (κ3) is 11.3. The molecule has 0 aromatic heterocycles. The van der Waals surface area contributed by atoms with E-state index in [1.807, 2.05) is 0 Å². The van der Waals surface area contributed by atoms with Crippen LogP contribution in [0.5, 0.6) is 11.5 Å². The molecule has 72 heavy (non-hydrogen) atoms. The number of para-hydroxylation sites is 2. The summed E-state index contributed by atoms with van der Waals surface area (Å²) in [6, 6.07) is 11.3. The fourth-order valence-electron chi connectivity index (χ4n) is 5.67. The van der Waals surface area contributed by atoms with Crippen LogP contribution in [0.15, 0.2) is 60.7 Å². The van der Waals surface area contributed by atoms with Crippen LogP contribution in [0.1, 0.15) is 55.8 Å². The first-order valence-electron chi connectivity index (χ1n) is 19.0. The van der Waals surface area contributed by atoms with E-state index in [9.17, 15) is 124 Å². The highest BCUT2D eigenvalue weighted by Crippen LogP contribution is 2.62. The van der Waals surface area contributed by atoms with Crippen LogP contribution in [-0.2, 0) is 11.5 Å². The van der Waals surface area contributed by atoms with Crippen molar-refractivity contribution in [1.82, 2.24) is 0 Å². The lowest BCUT2D eigenvalue weighted by molar-refractivity contribution is -0.439. The normalized spacial score (nSPS) is 14.4. The Morgan fingerprint density at radius 3 is 0.917 bits per heavy atom. The minimum absolute atomic E-state index is 0.109. The molecule has 0 heterocycles. The van der Waals surface area contributed by atoms with Gasteiger partial charge in [0.25, 0.3) is 0 Å². The summed E-state index contributed by atoms with van der Waals surface area (Å²) in [5, 5.41) is 0. The molecule has 0 unspecified atom stereocenters. The van der Waals surface area contributed by atoms with Crippen molar-refractivity contribution < 1.29 is 133 Å². The summed E-state index contributed by atoms with van der Waals surface area (Å²) in [5.41, 5.74) is -0.693. The van der Waals surface area contributed by atoms with Crippen molar-refractivity contribution in [3.8, 4) is 11.5 Å². The minimum atomic E-state index is -8.06. The van der Waals surface area contributed by atoms with Crippen molar-refractivity contribution in [2.24, 2.45) is 0 Å². The van der Waals surface area contributed by atoms with E-state index in [4.69, 9.17) is 9.47 Å². The molecule has 0 radical (unpaired) electrons. The number of alkyl halides is 26. The van der Waals surface area contributed by atoms with Crippen LogP contribution in [0.25, 0.3) is 0 Å². The van der Waals surface area contributed by atoms with E-state index in [-0.39, 0.29) is 68.4 Å². The summed E-state index contributed by atoms with van der Waals surface area (Å²) >= 11 is 0.335. The number of hydrogen-bond donors (Lipinski definition) is 0. The Hall–Kier alpha value is -4.52. The predicted molar refractivity (Wildman–Crippen MR) is 202 cm³/mol. The van der Waals surface area contributed by atoms with Crippen molar-refractivity contribution >= 4 is 35.5 Å².